The molecule has 0 amide bonds. The van der Waals surface area contributed by atoms with Crippen molar-refractivity contribution in [2.75, 3.05) is 26.2 Å². The van der Waals surface area contributed by atoms with E-state index < -0.39 is 0 Å². The molecular weight excluding hydrogens is 198 g/mol. The summed E-state index contributed by atoms with van der Waals surface area (Å²) in [5, 5.41) is 0. The molecule has 2 fully saturated rings. The molecule has 2 aliphatic rings. The number of rotatable bonds is 3. The summed E-state index contributed by atoms with van der Waals surface area (Å²) in [5.74, 6) is 0. The van der Waals surface area contributed by atoms with Crippen LogP contribution in [0.5, 0.6) is 0 Å². The van der Waals surface area contributed by atoms with Gasteiger partial charge in [-0.1, -0.05) is 6.08 Å². The number of piperidine rings is 1. The highest BCUT2D eigenvalue weighted by Crippen LogP contribution is 2.21. The van der Waals surface area contributed by atoms with E-state index in [9.17, 15) is 0 Å². The first-order valence-electron chi connectivity index (χ1n) is 6.57. The first-order chi connectivity index (χ1) is 7.70. The van der Waals surface area contributed by atoms with Crippen LogP contribution in [0.2, 0.25) is 0 Å². The van der Waals surface area contributed by atoms with Gasteiger partial charge in [-0.15, -0.1) is 6.58 Å². The lowest BCUT2D eigenvalue weighted by Crippen LogP contribution is -2.46. The average molecular weight is 223 g/mol. The largest absolute Gasteiger partial charge is 0.328 e. The molecule has 2 aliphatic heterocycles. The molecule has 2 saturated heterocycles. The molecule has 2 rings (SSSR count). The molecule has 0 aromatic heterocycles. The number of likely N-dealkylation sites (tertiary alicyclic amines) is 2. The fourth-order valence-electron chi connectivity index (χ4n) is 2.87. The lowest BCUT2D eigenvalue weighted by molar-refractivity contribution is 0.149. The Hall–Kier alpha value is -0.380. The van der Waals surface area contributed by atoms with Gasteiger partial charge in [-0.05, 0) is 39.3 Å². The van der Waals surface area contributed by atoms with Gasteiger partial charge in [0.2, 0.25) is 0 Å². The number of nitrogens with two attached hydrogens (primary N) is 1. The number of nitrogens with zero attached hydrogens (tertiary/aromatic N) is 2. The Morgan fingerprint density at radius 1 is 1.25 bits per heavy atom. The van der Waals surface area contributed by atoms with Crippen LogP contribution in [0.4, 0.5) is 0 Å². The molecule has 3 heteroatoms. The van der Waals surface area contributed by atoms with Gasteiger partial charge in [-0.25, -0.2) is 0 Å². The Labute approximate surface area is 99.3 Å². The van der Waals surface area contributed by atoms with Gasteiger partial charge in [0.15, 0.2) is 0 Å². The van der Waals surface area contributed by atoms with Crippen LogP contribution in [0, 0.1) is 0 Å². The van der Waals surface area contributed by atoms with Crippen molar-refractivity contribution in [3.8, 4) is 0 Å². The highest BCUT2D eigenvalue weighted by Gasteiger charge is 2.30. The lowest BCUT2D eigenvalue weighted by Gasteiger charge is -2.35. The van der Waals surface area contributed by atoms with Crippen molar-refractivity contribution in [1.82, 2.24) is 9.80 Å². The Balaban J connectivity index is 1.82. The summed E-state index contributed by atoms with van der Waals surface area (Å²) in [6.45, 7) is 10.9. The van der Waals surface area contributed by atoms with Crippen LogP contribution in [0.25, 0.3) is 0 Å². The summed E-state index contributed by atoms with van der Waals surface area (Å²) in [5.41, 5.74) is 5.94. The zero-order chi connectivity index (χ0) is 11.5. The maximum Gasteiger partial charge on any atom is 0.0247 e. The predicted octanol–water partition coefficient (Wildman–Crippen LogP) is 1.06. The average Bonchev–Trinajstić information content (AvgIpc) is 2.78. The third-order valence-electron chi connectivity index (χ3n) is 4.20. The van der Waals surface area contributed by atoms with E-state index >= 15 is 0 Å². The summed E-state index contributed by atoms with van der Waals surface area (Å²) in [6.07, 6.45) is 5.71. The van der Waals surface area contributed by atoms with Crippen LogP contribution in [0.1, 0.15) is 26.2 Å². The van der Waals surface area contributed by atoms with E-state index in [1.165, 1.54) is 45.4 Å². The first-order valence-corrected chi connectivity index (χ1v) is 6.57. The topological polar surface area (TPSA) is 32.5 Å². The molecule has 2 N–H and O–H groups in total. The van der Waals surface area contributed by atoms with Crippen LogP contribution in [-0.2, 0) is 0 Å². The molecule has 0 bridgehead atoms. The van der Waals surface area contributed by atoms with Crippen molar-refractivity contribution in [3.05, 3.63) is 12.7 Å². The zero-order valence-corrected chi connectivity index (χ0v) is 10.4. The van der Waals surface area contributed by atoms with E-state index in [4.69, 9.17) is 5.73 Å². The molecule has 3 nitrogen and oxygen atoms in total. The summed E-state index contributed by atoms with van der Waals surface area (Å²) in [4.78, 5) is 5.17. The van der Waals surface area contributed by atoms with Gasteiger partial charge in [0.1, 0.15) is 0 Å². The zero-order valence-electron chi connectivity index (χ0n) is 10.4. The minimum absolute atomic E-state index is 0.445. The number of hydrogen-bond donors (Lipinski definition) is 1. The Morgan fingerprint density at radius 3 is 2.56 bits per heavy atom. The minimum atomic E-state index is 0.445. The fourth-order valence-corrected chi connectivity index (χ4v) is 2.87. The highest BCUT2D eigenvalue weighted by atomic mass is 15.3. The Kier molecular flexibility index (Phi) is 4.00. The van der Waals surface area contributed by atoms with Crippen molar-refractivity contribution in [2.45, 2.75) is 44.3 Å². The van der Waals surface area contributed by atoms with E-state index in [0.717, 1.165) is 6.04 Å². The van der Waals surface area contributed by atoms with Gasteiger partial charge in [0.05, 0.1) is 0 Å². The summed E-state index contributed by atoms with van der Waals surface area (Å²) >= 11 is 0. The van der Waals surface area contributed by atoms with Gasteiger partial charge in [-0.2, -0.15) is 0 Å². The Bertz CT molecular complexity index is 233. The fraction of sp³-hybridized carbons (Fsp3) is 0.846. The quantitative estimate of drug-likeness (QED) is 0.726. The minimum Gasteiger partial charge on any atom is -0.328 e. The van der Waals surface area contributed by atoms with Crippen LogP contribution in [0.3, 0.4) is 0 Å². The van der Waals surface area contributed by atoms with Gasteiger partial charge in [-0.3, -0.25) is 9.80 Å². The molecular formula is C13H25N3. The summed E-state index contributed by atoms with van der Waals surface area (Å²) in [7, 11) is 0. The molecule has 2 unspecified atom stereocenters. The molecule has 16 heavy (non-hydrogen) atoms. The summed E-state index contributed by atoms with van der Waals surface area (Å²) in [6, 6.07) is 1.73. The van der Waals surface area contributed by atoms with Crippen molar-refractivity contribution >= 4 is 0 Å². The molecule has 2 atom stereocenters. The van der Waals surface area contributed by atoms with Gasteiger partial charge < -0.3 is 5.73 Å². The first kappa shape index (κ1) is 12.1. The summed E-state index contributed by atoms with van der Waals surface area (Å²) < 4.78 is 0. The second kappa shape index (κ2) is 5.30. The standard InChI is InChI=1S/C13H25N3/c1-3-11(2)16-9-6-13(10-16)15-7-4-12(14)5-8-15/h3,11-13H,1,4-10,14H2,2H3. The second-order valence-corrected chi connectivity index (χ2v) is 5.29. The van der Waals surface area contributed by atoms with Crippen molar-refractivity contribution in [2.24, 2.45) is 5.73 Å². The SMILES string of the molecule is C=CC(C)N1CCC(N2CCC(N)CC2)C1. The third-order valence-corrected chi connectivity index (χ3v) is 4.20. The maximum absolute atomic E-state index is 5.94. The van der Waals surface area contributed by atoms with E-state index in [0.29, 0.717) is 12.1 Å². The molecule has 0 aliphatic carbocycles. The van der Waals surface area contributed by atoms with Crippen LogP contribution >= 0.6 is 0 Å². The molecule has 0 saturated carbocycles. The monoisotopic (exact) mass is 223 g/mol. The van der Waals surface area contributed by atoms with E-state index in [1.807, 2.05) is 0 Å². The van der Waals surface area contributed by atoms with E-state index in [-0.39, 0.29) is 0 Å². The van der Waals surface area contributed by atoms with Gasteiger partial charge in [0, 0.05) is 31.2 Å². The van der Waals surface area contributed by atoms with Crippen molar-refractivity contribution < 1.29 is 0 Å². The molecule has 0 aromatic rings. The normalized spacial score (nSPS) is 31.8. The molecule has 2 heterocycles. The van der Waals surface area contributed by atoms with E-state index in [1.54, 1.807) is 0 Å². The molecule has 0 aromatic carbocycles. The smallest absolute Gasteiger partial charge is 0.0247 e. The van der Waals surface area contributed by atoms with E-state index in [2.05, 4.69) is 29.4 Å². The van der Waals surface area contributed by atoms with Crippen molar-refractivity contribution in [1.29, 1.82) is 0 Å². The molecule has 0 spiro atoms. The van der Waals surface area contributed by atoms with Crippen LogP contribution in [0.15, 0.2) is 12.7 Å². The maximum atomic E-state index is 5.94. The second-order valence-electron chi connectivity index (χ2n) is 5.29. The third kappa shape index (κ3) is 2.65. The Morgan fingerprint density at radius 2 is 1.94 bits per heavy atom. The van der Waals surface area contributed by atoms with Crippen LogP contribution < -0.4 is 5.73 Å². The number of hydrogen-bond acceptors (Lipinski definition) is 3. The highest BCUT2D eigenvalue weighted by molar-refractivity contribution is 4.93. The van der Waals surface area contributed by atoms with Gasteiger partial charge >= 0.3 is 0 Å². The predicted molar refractivity (Wildman–Crippen MR) is 68.4 cm³/mol. The van der Waals surface area contributed by atoms with Gasteiger partial charge in [0.25, 0.3) is 0 Å². The van der Waals surface area contributed by atoms with Crippen molar-refractivity contribution in [3.63, 3.8) is 0 Å². The molecule has 92 valence electrons. The lowest BCUT2D eigenvalue weighted by atomic mass is 10.0. The molecule has 0 radical (unpaired) electrons. The van der Waals surface area contributed by atoms with Crippen LogP contribution in [-0.4, -0.2) is 54.1 Å².